The van der Waals surface area contributed by atoms with E-state index >= 15 is 0 Å². The normalized spacial score (nSPS) is 14.4. The fraction of sp³-hybridized carbons (Fsp3) is 0.286. The van der Waals surface area contributed by atoms with Crippen molar-refractivity contribution in [2.75, 3.05) is 0 Å². The third kappa shape index (κ3) is 6.51. The van der Waals surface area contributed by atoms with Crippen molar-refractivity contribution < 1.29 is 51.0 Å². The number of benzene rings is 3. The van der Waals surface area contributed by atoms with E-state index in [1.807, 2.05) is 0 Å². The summed E-state index contributed by atoms with van der Waals surface area (Å²) in [5.41, 5.74) is 15.7. The molecule has 200 valence electrons. The third-order valence-corrected chi connectivity index (χ3v) is 10.5. The predicted molar refractivity (Wildman–Crippen MR) is 160 cm³/mol. The molecule has 2 aliphatic carbocycles. The summed E-state index contributed by atoms with van der Waals surface area (Å²) in [6.07, 6.45) is 3.70. The van der Waals surface area contributed by atoms with Crippen LogP contribution in [0.3, 0.4) is 0 Å². The quantitative estimate of drug-likeness (QED) is 0.231. The van der Waals surface area contributed by atoms with Gasteiger partial charge >= 0.3 is 26.2 Å². The Morgan fingerprint density at radius 1 is 0.744 bits per heavy atom. The van der Waals surface area contributed by atoms with E-state index in [0.29, 0.717) is 0 Å². The van der Waals surface area contributed by atoms with Crippen molar-refractivity contribution in [1.82, 2.24) is 0 Å². The second kappa shape index (κ2) is 14.4. The molecule has 2 radical (unpaired) electrons. The fourth-order valence-electron chi connectivity index (χ4n) is 6.44. The van der Waals surface area contributed by atoms with E-state index in [1.54, 1.807) is 33.4 Å². The fourth-order valence-corrected chi connectivity index (χ4v) is 8.61. The zero-order chi connectivity index (χ0) is 25.4. The molecule has 2 aliphatic rings. The second-order valence-electron chi connectivity index (χ2n) is 10.8. The molecule has 0 aromatic heterocycles. The van der Waals surface area contributed by atoms with Crippen LogP contribution in [0.1, 0.15) is 45.2 Å². The van der Waals surface area contributed by atoms with Crippen LogP contribution in [0.25, 0.3) is 33.0 Å². The SMILES string of the molecule is CC1=C(C)C([Si](C)C)C(C)=C1C.[Cl-].[Cl-].[Zr+3].c1ccc(-c2ccccc2-c2c3c(cc4[cH-]ccc24)CCC3)cc1. The van der Waals surface area contributed by atoms with Gasteiger partial charge in [-0.1, -0.05) is 95.5 Å². The summed E-state index contributed by atoms with van der Waals surface area (Å²) in [7, 11) is -0.190. The molecule has 0 fully saturated rings. The van der Waals surface area contributed by atoms with Gasteiger partial charge in [0.2, 0.25) is 0 Å². The van der Waals surface area contributed by atoms with E-state index in [9.17, 15) is 0 Å². The Hall–Kier alpha value is -1.57. The minimum atomic E-state index is -0.190. The van der Waals surface area contributed by atoms with Crippen molar-refractivity contribution in [2.45, 2.75) is 65.6 Å². The average Bonchev–Trinajstić information content (AvgIpc) is 3.60. The van der Waals surface area contributed by atoms with Crippen molar-refractivity contribution in [3.8, 4) is 22.3 Å². The smallest absolute Gasteiger partial charge is 1.00 e. The molecule has 0 bridgehead atoms. The molecule has 0 aliphatic heterocycles. The summed E-state index contributed by atoms with van der Waals surface area (Å²) >= 11 is 0. The van der Waals surface area contributed by atoms with Crippen LogP contribution in [0.15, 0.2) is 101 Å². The molecule has 4 heteroatoms. The molecule has 0 atom stereocenters. The standard InChI is InChI=1S/C24H19.C11H19Si.2ClH.Zr/c1-2-8-17(9-3-1)20-12-4-5-13-23(20)24-21-14-6-10-18(21)16-19-11-7-15-22(19)24;1-7-8(2)10(4)11(9(7)3)12(5)6;;;/h1-6,8-10,12-14,16H,7,11,15H2;11H,1-6H3;2*1H;/q-1;;;;+3/p-2. The van der Waals surface area contributed by atoms with Crippen LogP contribution >= 0.6 is 0 Å². The third-order valence-electron chi connectivity index (χ3n) is 8.48. The van der Waals surface area contributed by atoms with Gasteiger partial charge in [0.05, 0.1) is 8.80 Å². The van der Waals surface area contributed by atoms with Crippen LogP contribution in [0, 0.1) is 0 Å². The first kappa shape index (κ1) is 33.6. The van der Waals surface area contributed by atoms with Gasteiger partial charge in [-0.05, 0) is 80.3 Å². The second-order valence-corrected chi connectivity index (χ2v) is 13.5. The Bertz CT molecular complexity index is 1450. The van der Waals surface area contributed by atoms with Gasteiger partial charge < -0.3 is 24.8 Å². The van der Waals surface area contributed by atoms with Crippen LogP contribution in [-0.2, 0) is 39.0 Å². The summed E-state index contributed by atoms with van der Waals surface area (Å²) in [5.74, 6) is 0. The Balaban J connectivity index is 0.000000308. The van der Waals surface area contributed by atoms with Gasteiger partial charge in [-0.25, -0.2) is 0 Å². The zero-order valence-electron chi connectivity index (χ0n) is 24.0. The summed E-state index contributed by atoms with van der Waals surface area (Å²) in [6, 6.07) is 28.8. The molecule has 39 heavy (non-hydrogen) atoms. The van der Waals surface area contributed by atoms with E-state index < -0.39 is 0 Å². The number of allylic oxidation sites excluding steroid dienone is 4. The number of aryl methyl sites for hydroxylation is 1. The Morgan fingerprint density at radius 2 is 1.33 bits per heavy atom. The molecular weight excluding hydrogens is 611 g/mol. The van der Waals surface area contributed by atoms with Gasteiger partial charge in [-0.15, -0.1) is 22.9 Å². The molecule has 0 heterocycles. The molecule has 0 amide bonds. The summed E-state index contributed by atoms with van der Waals surface area (Å²) in [4.78, 5) is 0. The average molecular weight is 649 g/mol. The molecule has 0 spiro atoms. The Morgan fingerprint density at radius 3 is 1.92 bits per heavy atom. The molecule has 6 rings (SSSR count). The summed E-state index contributed by atoms with van der Waals surface area (Å²) < 4.78 is 0. The maximum absolute atomic E-state index is 2.41. The molecule has 0 N–H and O–H groups in total. The topological polar surface area (TPSA) is 0 Å². The van der Waals surface area contributed by atoms with Gasteiger partial charge in [0.15, 0.2) is 0 Å². The molecule has 0 nitrogen and oxygen atoms in total. The van der Waals surface area contributed by atoms with Crippen molar-refractivity contribution in [2.24, 2.45) is 0 Å². The molecule has 0 unspecified atom stereocenters. The van der Waals surface area contributed by atoms with Crippen LogP contribution in [-0.4, -0.2) is 8.80 Å². The minimum Gasteiger partial charge on any atom is -1.00 e. The molecule has 4 aromatic rings. The summed E-state index contributed by atoms with van der Waals surface area (Å²) in [6.45, 7) is 14.0. The van der Waals surface area contributed by atoms with Crippen molar-refractivity contribution in [3.63, 3.8) is 0 Å². The van der Waals surface area contributed by atoms with Gasteiger partial charge in [0, 0.05) is 0 Å². The van der Waals surface area contributed by atoms with Crippen LogP contribution in [0.5, 0.6) is 0 Å². The van der Waals surface area contributed by atoms with E-state index in [2.05, 4.69) is 120 Å². The van der Waals surface area contributed by atoms with Crippen LogP contribution in [0.4, 0.5) is 0 Å². The number of halogens is 2. The number of hydrogen-bond acceptors (Lipinski definition) is 0. The monoisotopic (exact) mass is 646 g/mol. The van der Waals surface area contributed by atoms with Crippen molar-refractivity contribution in [3.05, 3.63) is 112 Å². The van der Waals surface area contributed by atoms with Gasteiger partial charge in [0.1, 0.15) is 0 Å². The largest absolute Gasteiger partial charge is 3.00 e. The maximum atomic E-state index is 2.41. The van der Waals surface area contributed by atoms with Crippen LogP contribution in [0.2, 0.25) is 18.6 Å². The molecule has 4 aromatic carbocycles. The first-order valence-corrected chi connectivity index (χ1v) is 16.0. The zero-order valence-corrected chi connectivity index (χ0v) is 28.9. The minimum absolute atomic E-state index is 0. The van der Waals surface area contributed by atoms with E-state index in [0.717, 1.165) is 5.54 Å². The Labute approximate surface area is 268 Å². The van der Waals surface area contributed by atoms with Gasteiger partial charge in [-0.3, -0.25) is 0 Å². The predicted octanol–water partition coefficient (Wildman–Crippen LogP) is 4.18. The van der Waals surface area contributed by atoms with E-state index in [1.165, 1.54) is 52.3 Å². The van der Waals surface area contributed by atoms with Crippen molar-refractivity contribution in [1.29, 1.82) is 0 Å². The molecular formula is C35H38Cl2SiZr. The number of fused-ring (bicyclic) bond motifs is 2. The molecule has 0 saturated carbocycles. The maximum Gasteiger partial charge on any atom is 3.00 e. The first-order chi connectivity index (χ1) is 17.4. The number of rotatable bonds is 3. The summed E-state index contributed by atoms with van der Waals surface area (Å²) in [5, 5.41) is 2.78. The van der Waals surface area contributed by atoms with Crippen molar-refractivity contribution >= 4 is 19.6 Å². The van der Waals surface area contributed by atoms with Gasteiger partial charge in [0.25, 0.3) is 0 Å². The van der Waals surface area contributed by atoms with E-state index in [4.69, 9.17) is 0 Å². The number of hydrogen-bond donors (Lipinski definition) is 0. The van der Waals surface area contributed by atoms with Crippen LogP contribution < -0.4 is 24.8 Å². The first-order valence-electron chi connectivity index (χ1n) is 13.4. The Kier molecular flexibility index (Phi) is 12.4. The van der Waals surface area contributed by atoms with E-state index in [-0.39, 0.29) is 59.8 Å². The molecule has 0 saturated heterocycles. The van der Waals surface area contributed by atoms with Gasteiger partial charge in [-0.2, -0.15) is 12.1 Å².